The van der Waals surface area contributed by atoms with Crippen molar-refractivity contribution in [1.29, 1.82) is 0 Å². The van der Waals surface area contributed by atoms with Crippen LogP contribution in [-0.2, 0) is 11.3 Å². The second-order valence-electron chi connectivity index (χ2n) is 6.05. The van der Waals surface area contributed by atoms with E-state index in [1.807, 2.05) is 6.92 Å². The van der Waals surface area contributed by atoms with E-state index in [2.05, 4.69) is 10.3 Å². The minimum absolute atomic E-state index is 0.0309. The van der Waals surface area contributed by atoms with Crippen LogP contribution in [0.4, 0.5) is 4.79 Å². The van der Waals surface area contributed by atoms with E-state index < -0.39 is 5.97 Å². The smallest absolute Gasteiger partial charge is 0.357 e. The molecule has 1 N–H and O–H groups in total. The summed E-state index contributed by atoms with van der Waals surface area (Å²) in [5.41, 5.74) is 0.320. The van der Waals surface area contributed by atoms with Gasteiger partial charge in [0.2, 0.25) is 0 Å². The summed E-state index contributed by atoms with van der Waals surface area (Å²) in [5, 5.41) is 5.59. The fourth-order valence-corrected chi connectivity index (χ4v) is 3.66. The zero-order chi connectivity index (χ0) is 17.4. The van der Waals surface area contributed by atoms with Crippen molar-refractivity contribution >= 4 is 23.3 Å². The summed E-state index contributed by atoms with van der Waals surface area (Å²) in [6, 6.07) is 0.258. The predicted molar refractivity (Wildman–Crippen MR) is 94.2 cm³/mol. The van der Waals surface area contributed by atoms with E-state index in [-0.39, 0.29) is 12.1 Å². The number of carbonyl (C=O) groups is 2. The van der Waals surface area contributed by atoms with Gasteiger partial charge in [-0.15, -0.1) is 11.3 Å². The van der Waals surface area contributed by atoms with E-state index in [1.54, 1.807) is 17.2 Å². The highest BCUT2D eigenvalue weighted by Crippen LogP contribution is 2.18. The van der Waals surface area contributed by atoms with Crippen molar-refractivity contribution in [3.63, 3.8) is 0 Å². The van der Waals surface area contributed by atoms with Gasteiger partial charge in [0.05, 0.1) is 13.2 Å². The Morgan fingerprint density at radius 2 is 2.08 bits per heavy atom. The van der Waals surface area contributed by atoms with Gasteiger partial charge in [-0.1, -0.05) is 26.2 Å². The molecule has 7 heteroatoms. The average Bonchev–Trinajstić information content (AvgIpc) is 3.04. The van der Waals surface area contributed by atoms with E-state index in [4.69, 9.17) is 4.74 Å². The van der Waals surface area contributed by atoms with Crippen LogP contribution in [0.3, 0.4) is 0 Å². The van der Waals surface area contributed by atoms with Crippen molar-refractivity contribution in [2.45, 2.75) is 65.0 Å². The van der Waals surface area contributed by atoms with Crippen molar-refractivity contribution < 1.29 is 14.3 Å². The molecule has 0 aliphatic heterocycles. The lowest BCUT2D eigenvalue weighted by Crippen LogP contribution is -2.45. The number of nitrogens with one attached hydrogen (secondary N) is 1. The van der Waals surface area contributed by atoms with Gasteiger partial charge in [0.1, 0.15) is 5.01 Å². The topological polar surface area (TPSA) is 71.5 Å². The number of hydrogen-bond acceptors (Lipinski definition) is 5. The first-order chi connectivity index (χ1) is 11.6. The largest absolute Gasteiger partial charge is 0.461 e. The van der Waals surface area contributed by atoms with Gasteiger partial charge in [-0.2, -0.15) is 0 Å². The zero-order valence-corrected chi connectivity index (χ0v) is 15.4. The standard InChI is InChI=1S/C17H27N3O3S/c1-3-10-20(17(22)18-13-8-6-5-7-9-13)11-15-19-14(12-24-15)16(21)23-4-2/h12-13H,3-11H2,1-2H3,(H,18,22). The molecule has 0 radical (unpaired) electrons. The Kier molecular flexibility index (Phi) is 7.49. The first kappa shape index (κ1) is 18.7. The predicted octanol–water partition coefficient (Wildman–Crippen LogP) is 3.57. The number of esters is 1. The Bertz CT molecular complexity index is 541. The highest BCUT2D eigenvalue weighted by Gasteiger charge is 2.21. The first-order valence-corrected chi connectivity index (χ1v) is 9.69. The Balaban J connectivity index is 1.94. The molecule has 1 aliphatic carbocycles. The Morgan fingerprint density at radius 3 is 2.75 bits per heavy atom. The third-order valence-corrected chi connectivity index (χ3v) is 4.91. The summed E-state index contributed by atoms with van der Waals surface area (Å²) >= 11 is 1.39. The molecule has 134 valence electrons. The molecule has 1 saturated carbocycles. The second-order valence-corrected chi connectivity index (χ2v) is 7.00. The number of hydrogen-bond donors (Lipinski definition) is 1. The molecule has 1 aromatic heterocycles. The summed E-state index contributed by atoms with van der Waals surface area (Å²) in [7, 11) is 0. The van der Waals surface area contributed by atoms with Crippen LogP contribution < -0.4 is 5.32 Å². The van der Waals surface area contributed by atoms with Crippen LogP contribution in [0.2, 0.25) is 0 Å². The number of carbonyl (C=O) groups excluding carboxylic acids is 2. The van der Waals surface area contributed by atoms with Gasteiger partial charge in [0.25, 0.3) is 0 Å². The lowest BCUT2D eigenvalue weighted by molar-refractivity contribution is 0.0520. The molecule has 1 heterocycles. The van der Waals surface area contributed by atoms with E-state index in [0.29, 0.717) is 25.4 Å². The molecule has 0 saturated heterocycles. The van der Waals surface area contributed by atoms with Gasteiger partial charge in [-0.25, -0.2) is 14.6 Å². The number of urea groups is 1. The molecule has 0 unspecified atom stereocenters. The maximum atomic E-state index is 12.5. The average molecular weight is 353 g/mol. The van der Waals surface area contributed by atoms with Crippen molar-refractivity contribution in [1.82, 2.24) is 15.2 Å². The summed E-state index contributed by atoms with van der Waals surface area (Å²) in [4.78, 5) is 30.3. The van der Waals surface area contributed by atoms with Gasteiger partial charge in [-0.05, 0) is 26.2 Å². The van der Waals surface area contributed by atoms with Crippen LogP contribution in [0.25, 0.3) is 0 Å². The first-order valence-electron chi connectivity index (χ1n) is 8.81. The van der Waals surface area contributed by atoms with E-state index in [1.165, 1.54) is 30.6 Å². The fourth-order valence-electron chi connectivity index (χ4n) is 2.88. The van der Waals surface area contributed by atoms with E-state index >= 15 is 0 Å². The molecule has 1 aliphatic rings. The fraction of sp³-hybridized carbons (Fsp3) is 0.706. The minimum atomic E-state index is -0.409. The third kappa shape index (κ3) is 5.47. The summed E-state index contributed by atoms with van der Waals surface area (Å²) in [5.74, 6) is -0.409. The van der Waals surface area contributed by atoms with Crippen LogP contribution in [0.5, 0.6) is 0 Å². The molecular formula is C17H27N3O3S. The molecule has 24 heavy (non-hydrogen) atoms. The van der Waals surface area contributed by atoms with Crippen LogP contribution in [0, 0.1) is 0 Å². The molecule has 0 aromatic carbocycles. The summed E-state index contributed by atoms with van der Waals surface area (Å²) in [6.45, 7) is 5.25. The summed E-state index contributed by atoms with van der Waals surface area (Å²) in [6.07, 6.45) is 6.66. The lowest BCUT2D eigenvalue weighted by Gasteiger charge is -2.27. The number of thiazole rings is 1. The Morgan fingerprint density at radius 1 is 1.33 bits per heavy atom. The quantitative estimate of drug-likeness (QED) is 0.761. The highest BCUT2D eigenvalue weighted by atomic mass is 32.1. The number of rotatable bonds is 7. The maximum Gasteiger partial charge on any atom is 0.357 e. The number of aromatic nitrogens is 1. The third-order valence-electron chi connectivity index (χ3n) is 4.08. The van der Waals surface area contributed by atoms with Crippen LogP contribution >= 0.6 is 11.3 Å². The highest BCUT2D eigenvalue weighted by molar-refractivity contribution is 7.09. The normalized spacial score (nSPS) is 15.1. The van der Waals surface area contributed by atoms with Gasteiger partial charge >= 0.3 is 12.0 Å². The van der Waals surface area contributed by atoms with Crippen molar-refractivity contribution in [3.8, 4) is 0 Å². The Labute approximate surface area is 147 Å². The second kappa shape index (κ2) is 9.61. The minimum Gasteiger partial charge on any atom is -0.461 e. The molecule has 1 fully saturated rings. The monoisotopic (exact) mass is 353 g/mol. The van der Waals surface area contributed by atoms with Crippen LogP contribution in [-0.4, -0.2) is 41.1 Å². The molecule has 0 spiro atoms. The van der Waals surface area contributed by atoms with Gasteiger partial charge in [0.15, 0.2) is 5.69 Å². The van der Waals surface area contributed by atoms with Gasteiger partial charge in [0, 0.05) is 18.0 Å². The van der Waals surface area contributed by atoms with Crippen molar-refractivity contribution in [3.05, 3.63) is 16.1 Å². The van der Waals surface area contributed by atoms with Crippen molar-refractivity contribution in [2.75, 3.05) is 13.2 Å². The van der Waals surface area contributed by atoms with Crippen LogP contribution in [0.15, 0.2) is 5.38 Å². The van der Waals surface area contributed by atoms with Gasteiger partial charge in [-0.3, -0.25) is 0 Å². The summed E-state index contributed by atoms with van der Waals surface area (Å²) < 4.78 is 4.95. The maximum absolute atomic E-state index is 12.5. The molecular weight excluding hydrogens is 326 g/mol. The lowest BCUT2D eigenvalue weighted by atomic mass is 9.96. The van der Waals surface area contributed by atoms with Crippen LogP contribution in [0.1, 0.15) is 67.9 Å². The number of nitrogens with zero attached hydrogens (tertiary/aromatic N) is 2. The van der Waals surface area contributed by atoms with Gasteiger partial charge < -0.3 is 15.0 Å². The van der Waals surface area contributed by atoms with E-state index in [9.17, 15) is 9.59 Å². The molecule has 0 atom stereocenters. The number of ether oxygens (including phenoxy) is 1. The zero-order valence-electron chi connectivity index (χ0n) is 14.5. The number of amides is 2. The van der Waals surface area contributed by atoms with E-state index in [0.717, 1.165) is 24.3 Å². The molecule has 6 nitrogen and oxygen atoms in total. The molecule has 1 aromatic rings. The molecule has 0 bridgehead atoms. The Hall–Kier alpha value is -1.63. The molecule has 2 amide bonds. The molecule has 2 rings (SSSR count). The van der Waals surface area contributed by atoms with Crippen molar-refractivity contribution in [2.24, 2.45) is 0 Å². The SMILES string of the molecule is CCCN(Cc1nc(C(=O)OCC)cs1)C(=O)NC1CCCCC1.